The first-order valence-corrected chi connectivity index (χ1v) is 8.92. The molecule has 0 spiro atoms. The number of hydrogen-bond acceptors (Lipinski definition) is 2. The lowest BCUT2D eigenvalue weighted by molar-refractivity contribution is -0.128. The van der Waals surface area contributed by atoms with Crippen molar-refractivity contribution < 1.29 is 4.79 Å². The summed E-state index contributed by atoms with van der Waals surface area (Å²) in [6.07, 6.45) is 0.545. The molecule has 0 aliphatic carbocycles. The van der Waals surface area contributed by atoms with Crippen molar-refractivity contribution >= 4 is 16.9 Å². The van der Waals surface area contributed by atoms with E-state index < -0.39 is 0 Å². The largest absolute Gasteiger partial charge is 0.338 e. The number of benzene rings is 2. The quantitative estimate of drug-likeness (QED) is 0.720. The van der Waals surface area contributed by atoms with Crippen molar-refractivity contribution in [3.63, 3.8) is 0 Å². The predicted octanol–water partition coefficient (Wildman–Crippen LogP) is 4.13. The van der Waals surface area contributed by atoms with Gasteiger partial charge in [-0.3, -0.25) is 4.79 Å². The minimum Gasteiger partial charge on any atom is -0.338 e. The molecular formula is C21H23N3O. The molecule has 0 unspecified atom stereocenters. The summed E-state index contributed by atoms with van der Waals surface area (Å²) < 4.78 is 2.29. The molecule has 0 radical (unpaired) electrons. The van der Waals surface area contributed by atoms with Crippen LogP contribution in [0.3, 0.4) is 0 Å². The van der Waals surface area contributed by atoms with E-state index in [-0.39, 0.29) is 11.8 Å². The zero-order valence-electron chi connectivity index (χ0n) is 14.7. The molecule has 1 aromatic heterocycles. The molecule has 0 saturated carbocycles. The summed E-state index contributed by atoms with van der Waals surface area (Å²) in [5.74, 6) is 1.42. The summed E-state index contributed by atoms with van der Waals surface area (Å²) in [7, 11) is 0. The Kier molecular flexibility index (Phi) is 4.04. The van der Waals surface area contributed by atoms with E-state index in [0.29, 0.717) is 19.0 Å². The van der Waals surface area contributed by atoms with E-state index in [1.54, 1.807) is 0 Å². The second-order valence-corrected chi connectivity index (χ2v) is 7.08. The third-order valence-electron chi connectivity index (χ3n) is 4.94. The molecule has 1 amide bonds. The second-order valence-electron chi connectivity index (χ2n) is 7.08. The Hall–Kier alpha value is -2.62. The topological polar surface area (TPSA) is 38.1 Å². The third kappa shape index (κ3) is 2.93. The number of carbonyl (C=O) groups is 1. The highest BCUT2D eigenvalue weighted by atomic mass is 16.2. The Labute approximate surface area is 148 Å². The molecule has 0 N–H and O–H groups in total. The highest BCUT2D eigenvalue weighted by molar-refractivity contribution is 5.81. The minimum absolute atomic E-state index is 0.158. The summed E-state index contributed by atoms with van der Waals surface area (Å²) in [4.78, 5) is 19.4. The molecule has 2 aromatic carbocycles. The summed E-state index contributed by atoms with van der Waals surface area (Å²) in [5, 5.41) is 0. The lowest BCUT2D eigenvalue weighted by Gasteiger charge is -2.18. The number of likely N-dealkylation sites (tertiary alicyclic amines) is 1. The van der Waals surface area contributed by atoms with E-state index in [2.05, 4.69) is 42.7 Å². The van der Waals surface area contributed by atoms with Crippen LogP contribution in [0.4, 0.5) is 0 Å². The molecule has 1 aliphatic rings. The lowest BCUT2D eigenvalue weighted by Crippen LogP contribution is -2.24. The molecule has 0 bridgehead atoms. The molecule has 1 saturated heterocycles. The van der Waals surface area contributed by atoms with Gasteiger partial charge in [0.1, 0.15) is 5.82 Å². The summed E-state index contributed by atoms with van der Waals surface area (Å²) in [6.45, 7) is 5.77. The average molecular weight is 333 g/mol. The Bertz CT molecular complexity index is 898. The van der Waals surface area contributed by atoms with Crippen molar-refractivity contribution in [2.75, 3.05) is 6.54 Å². The standard InChI is InChI=1S/C21H23N3O/c1-15(2)24-19-11-7-6-10-18(19)22-21(24)17-12-20(25)23(14-17)13-16-8-4-3-5-9-16/h3-11,15,17H,12-14H2,1-2H3/t17-/m1/s1. The molecule has 3 aromatic rings. The average Bonchev–Trinajstić information content (AvgIpc) is 3.17. The zero-order valence-corrected chi connectivity index (χ0v) is 14.7. The Morgan fingerprint density at radius 3 is 2.56 bits per heavy atom. The van der Waals surface area contributed by atoms with Crippen LogP contribution in [-0.4, -0.2) is 26.9 Å². The maximum absolute atomic E-state index is 12.5. The minimum atomic E-state index is 0.158. The number of para-hydroxylation sites is 2. The van der Waals surface area contributed by atoms with Crippen molar-refractivity contribution in [1.29, 1.82) is 0 Å². The third-order valence-corrected chi connectivity index (χ3v) is 4.94. The van der Waals surface area contributed by atoms with Gasteiger partial charge in [-0.05, 0) is 31.5 Å². The van der Waals surface area contributed by atoms with Crippen LogP contribution in [0.25, 0.3) is 11.0 Å². The van der Waals surface area contributed by atoms with Crippen molar-refractivity contribution in [3.8, 4) is 0 Å². The van der Waals surface area contributed by atoms with Crippen LogP contribution in [-0.2, 0) is 11.3 Å². The van der Waals surface area contributed by atoms with Gasteiger partial charge in [0.15, 0.2) is 0 Å². The second kappa shape index (κ2) is 6.36. The summed E-state index contributed by atoms with van der Waals surface area (Å²) in [6, 6.07) is 18.7. The van der Waals surface area contributed by atoms with Gasteiger partial charge in [-0.25, -0.2) is 4.98 Å². The number of aromatic nitrogens is 2. The van der Waals surface area contributed by atoms with Gasteiger partial charge in [0, 0.05) is 31.5 Å². The molecular weight excluding hydrogens is 310 g/mol. The van der Waals surface area contributed by atoms with E-state index in [9.17, 15) is 4.79 Å². The molecule has 4 nitrogen and oxygen atoms in total. The Morgan fingerprint density at radius 1 is 1.08 bits per heavy atom. The highest BCUT2D eigenvalue weighted by Gasteiger charge is 2.34. The fourth-order valence-electron chi connectivity index (χ4n) is 3.80. The molecule has 1 atom stereocenters. The molecule has 2 heterocycles. The van der Waals surface area contributed by atoms with Gasteiger partial charge in [0.05, 0.1) is 11.0 Å². The highest BCUT2D eigenvalue weighted by Crippen LogP contribution is 2.33. The number of imidazole rings is 1. The van der Waals surface area contributed by atoms with Crippen LogP contribution in [0.2, 0.25) is 0 Å². The first-order chi connectivity index (χ1) is 12.1. The first kappa shape index (κ1) is 15.9. The molecule has 4 heteroatoms. The fourth-order valence-corrected chi connectivity index (χ4v) is 3.80. The summed E-state index contributed by atoms with van der Waals surface area (Å²) in [5.41, 5.74) is 3.34. The molecule has 128 valence electrons. The number of hydrogen-bond donors (Lipinski definition) is 0. The van der Waals surface area contributed by atoms with Crippen LogP contribution in [0, 0.1) is 0 Å². The van der Waals surface area contributed by atoms with Gasteiger partial charge in [0.2, 0.25) is 5.91 Å². The van der Waals surface area contributed by atoms with Gasteiger partial charge >= 0.3 is 0 Å². The van der Waals surface area contributed by atoms with Crippen LogP contribution in [0.5, 0.6) is 0 Å². The SMILES string of the molecule is CC(C)n1c([C@@H]2CC(=O)N(Cc3ccccc3)C2)nc2ccccc21. The first-order valence-electron chi connectivity index (χ1n) is 8.92. The number of amides is 1. The van der Waals surface area contributed by atoms with E-state index in [0.717, 1.165) is 23.4 Å². The number of nitrogens with zero attached hydrogens (tertiary/aromatic N) is 3. The van der Waals surface area contributed by atoms with Gasteiger partial charge < -0.3 is 9.47 Å². The van der Waals surface area contributed by atoms with E-state index in [4.69, 9.17) is 4.98 Å². The van der Waals surface area contributed by atoms with E-state index in [1.807, 2.05) is 35.2 Å². The van der Waals surface area contributed by atoms with E-state index >= 15 is 0 Å². The van der Waals surface area contributed by atoms with E-state index in [1.165, 1.54) is 5.56 Å². The van der Waals surface area contributed by atoms with Gasteiger partial charge in [-0.2, -0.15) is 0 Å². The van der Waals surface area contributed by atoms with Crippen LogP contribution < -0.4 is 0 Å². The van der Waals surface area contributed by atoms with Crippen molar-refractivity contribution in [2.45, 2.75) is 38.8 Å². The lowest BCUT2D eigenvalue weighted by atomic mass is 10.1. The van der Waals surface area contributed by atoms with Crippen LogP contribution >= 0.6 is 0 Å². The summed E-state index contributed by atoms with van der Waals surface area (Å²) >= 11 is 0. The molecule has 25 heavy (non-hydrogen) atoms. The molecule has 1 fully saturated rings. The normalized spacial score (nSPS) is 17.8. The fraction of sp³-hybridized carbons (Fsp3) is 0.333. The maximum atomic E-state index is 12.5. The molecule has 4 rings (SSSR count). The Morgan fingerprint density at radius 2 is 1.80 bits per heavy atom. The zero-order chi connectivity index (χ0) is 17.4. The monoisotopic (exact) mass is 333 g/mol. The van der Waals surface area contributed by atoms with Gasteiger partial charge in [0.25, 0.3) is 0 Å². The van der Waals surface area contributed by atoms with Crippen molar-refractivity contribution in [2.24, 2.45) is 0 Å². The maximum Gasteiger partial charge on any atom is 0.223 e. The predicted molar refractivity (Wildman–Crippen MR) is 99.3 cm³/mol. The van der Waals surface area contributed by atoms with Crippen LogP contribution in [0.1, 0.15) is 43.6 Å². The van der Waals surface area contributed by atoms with Gasteiger partial charge in [-0.15, -0.1) is 0 Å². The number of rotatable bonds is 4. The Balaban J connectivity index is 1.64. The molecule has 1 aliphatic heterocycles. The van der Waals surface area contributed by atoms with Crippen LogP contribution in [0.15, 0.2) is 54.6 Å². The van der Waals surface area contributed by atoms with Gasteiger partial charge in [-0.1, -0.05) is 42.5 Å². The number of fused-ring (bicyclic) bond motifs is 1. The van der Waals surface area contributed by atoms with Crippen molar-refractivity contribution in [1.82, 2.24) is 14.5 Å². The number of carbonyl (C=O) groups excluding carboxylic acids is 1. The van der Waals surface area contributed by atoms with Crippen molar-refractivity contribution in [3.05, 3.63) is 66.0 Å². The smallest absolute Gasteiger partial charge is 0.223 e.